The molecule has 0 aliphatic rings. The van der Waals surface area contributed by atoms with Crippen LogP contribution >= 0.6 is 11.6 Å². The number of carbonyl (C=O) groups excluding carboxylic acids is 1. The molecule has 1 atom stereocenters. The number of likely N-dealkylation sites (N-methyl/N-ethyl adjacent to an activating group) is 1. The van der Waals surface area contributed by atoms with Crippen molar-refractivity contribution in [2.45, 2.75) is 13.0 Å². The van der Waals surface area contributed by atoms with Gasteiger partial charge in [-0.05, 0) is 24.4 Å². The second kappa shape index (κ2) is 8.06. The standard InChI is InChI=1S/C19H17ClN6O2/c1-11(19(27)26(2)3)28-18-15(8-21)22-10-17(25-18)24-16-7-12-5-4-6-14(20)13(12)9-23-16/h4-7,9-11H,1-3H3,(H,23,24,25)/t11-/m1/s1. The topological polar surface area (TPSA) is 104 Å². The molecule has 0 saturated carbocycles. The molecular formula is C19H17ClN6O2. The Bertz CT molecular complexity index is 1080. The zero-order chi connectivity index (χ0) is 20.3. The van der Waals surface area contributed by atoms with Gasteiger partial charge in [0.15, 0.2) is 11.9 Å². The molecule has 2 heterocycles. The van der Waals surface area contributed by atoms with Gasteiger partial charge in [0, 0.05) is 30.7 Å². The Hall–Kier alpha value is -3.44. The highest BCUT2D eigenvalue weighted by Crippen LogP contribution is 2.26. The van der Waals surface area contributed by atoms with E-state index in [1.165, 1.54) is 11.1 Å². The summed E-state index contributed by atoms with van der Waals surface area (Å²) in [7, 11) is 3.24. The Morgan fingerprint density at radius 1 is 1.29 bits per heavy atom. The number of amides is 1. The maximum Gasteiger partial charge on any atom is 0.262 e. The van der Waals surface area contributed by atoms with Crippen LogP contribution in [0, 0.1) is 11.3 Å². The van der Waals surface area contributed by atoms with Gasteiger partial charge in [-0.25, -0.2) is 9.97 Å². The van der Waals surface area contributed by atoms with Crippen LogP contribution in [0.1, 0.15) is 12.6 Å². The van der Waals surface area contributed by atoms with Crippen molar-refractivity contribution >= 4 is 39.9 Å². The molecule has 2 aromatic heterocycles. The SMILES string of the molecule is C[C@@H](Oc1nc(Nc2cc3cccc(Cl)c3cn2)cnc1C#N)C(=O)N(C)C. The highest BCUT2D eigenvalue weighted by Gasteiger charge is 2.20. The lowest BCUT2D eigenvalue weighted by atomic mass is 10.2. The minimum atomic E-state index is -0.812. The molecule has 3 aromatic rings. The summed E-state index contributed by atoms with van der Waals surface area (Å²) >= 11 is 6.16. The Labute approximate surface area is 166 Å². The summed E-state index contributed by atoms with van der Waals surface area (Å²) in [4.78, 5) is 26.0. The summed E-state index contributed by atoms with van der Waals surface area (Å²) in [6, 6.07) is 9.29. The largest absolute Gasteiger partial charge is 0.462 e. The molecule has 0 aliphatic carbocycles. The Morgan fingerprint density at radius 3 is 2.79 bits per heavy atom. The molecule has 0 bridgehead atoms. The maximum absolute atomic E-state index is 12.0. The van der Waals surface area contributed by atoms with Crippen LogP contribution < -0.4 is 10.1 Å². The number of pyridine rings is 1. The fourth-order valence-electron chi connectivity index (χ4n) is 2.51. The summed E-state index contributed by atoms with van der Waals surface area (Å²) in [5.74, 6) is 0.570. The van der Waals surface area contributed by atoms with Crippen molar-refractivity contribution in [3.05, 3.63) is 47.4 Å². The first-order valence-electron chi connectivity index (χ1n) is 8.35. The number of fused-ring (bicyclic) bond motifs is 1. The Kier molecular flexibility index (Phi) is 5.57. The third-order valence-corrected chi connectivity index (χ3v) is 4.22. The molecular weight excluding hydrogens is 380 g/mol. The lowest BCUT2D eigenvalue weighted by Gasteiger charge is -2.18. The summed E-state index contributed by atoms with van der Waals surface area (Å²) < 4.78 is 5.56. The van der Waals surface area contributed by atoms with Gasteiger partial charge in [-0.2, -0.15) is 10.2 Å². The van der Waals surface area contributed by atoms with Gasteiger partial charge in [0.05, 0.1) is 6.20 Å². The number of nitrogens with one attached hydrogen (secondary N) is 1. The third-order valence-electron chi connectivity index (χ3n) is 3.89. The third kappa shape index (κ3) is 4.10. The first-order chi connectivity index (χ1) is 13.4. The number of aromatic nitrogens is 3. The highest BCUT2D eigenvalue weighted by molar-refractivity contribution is 6.35. The van der Waals surface area contributed by atoms with E-state index in [0.717, 1.165) is 10.8 Å². The molecule has 1 amide bonds. The normalized spacial score (nSPS) is 11.5. The van der Waals surface area contributed by atoms with Crippen molar-refractivity contribution in [2.75, 3.05) is 19.4 Å². The number of hydrogen-bond acceptors (Lipinski definition) is 7. The van der Waals surface area contributed by atoms with Gasteiger partial charge in [-0.1, -0.05) is 23.7 Å². The molecule has 8 nitrogen and oxygen atoms in total. The molecule has 1 aromatic carbocycles. The van der Waals surface area contributed by atoms with Gasteiger partial charge >= 0.3 is 0 Å². The second-order valence-corrected chi connectivity index (χ2v) is 6.58. The average Bonchev–Trinajstić information content (AvgIpc) is 2.67. The first-order valence-corrected chi connectivity index (χ1v) is 8.73. The molecule has 0 radical (unpaired) electrons. The van der Waals surface area contributed by atoms with Gasteiger partial charge in [0.25, 0.3) is 11.8 Å². The fourth-order valence-corrected chi connectivity index (χ4v) is 2.74. The number of benzene rings is 1. The monoisotopic (exact) mass is 396 g/mol. The quantitative estimate of drug-likeness (QED) is 0.706. The summed E-state index contributed by atoms with van der Waals surface area (Å²) in [5, 5.41) is 14.6. The molecule has 28 heavy (non-hydrogen) atoms. The van der Waals surface area contributed by atoms with E-state index in [2.05, 4.69) is 20.3 Å². The highest BCUT2D eigenvalue weighted by atomic mass is 35.5. The Morgan fingerprint density at radius 2 is 2.07 bits per heavy atom. The van der Waals surface area contributed by atoms with Gasteiger partial charge < -0.3 is 15.0 Å². The number of anilines is 2. The van der Waals surface area contributed by atoms with E-state index in [-0.39, 0.29) is 17.5 Å². The van der Waals surface area contributed by atoms with E-state index in [1.807, 2.05) is 24.3 Å². The van der Waals surface area contributed by atoms with Crippen molar-refractivity contribution in [2.24, 2.45) is 0 Å². The van der Waals surface area contributed by atoms with Crippen LogP contribution in [-0.2, 0) is 4.79 Å². The minimum Gasteiger partial charge on any atom is -0.462 e. The van der Waals surface area contributed by atoms with Crippen molar-refractivity contribution in [3.63, 3.8) is 0 Å². The second-order valence-electron chi connectivity index (χ2n) is 6.17. The van der Waals surface area contributed by atoms with Crippen molar-refractivity contribution < 1.29 is 9.53 Å². The van der Waals surface area contributed by atoms with Crippen LogP contribution in [-0.4, -0.2) is 46.0 Å². The molecule has 142 valence electrons. The zero-order valence-corrected chi connectivity index (χ0v) is 16.2. The molecule has 0 unspecified atom stereocenters. The van der Waals surface area contributed by atoms with Crippen molar-refractivity contribution in [1.29, 1.82) is 5.26 Å². The minimum absolute atomic E-state index is 0.0118. The lowest BCUT2D eigenvalue weighted by Crippen LogP contribution is -2.35. The van der Waals surface area contributed by atoms with Crippen LogP contribution in [0.3, 0.4) is 0 Å². The van der Waals surface area contributed by atoms with Gasteiger partial charge in [0.1, 0.15) is 11.9 Å². The predicted octanol–water partition coefficient (Wildman–Crippen LogP) is 3.15. The maximum atomic E-state index is 12.0. The van der Waals surface area contributed by atoms with E-state index in [4.69, 9.17) is 16.3 Å². The van der Waals surface area contributed by atoms with E-state index < -0.39 is 6.10 Å². The van der Waals surface area contributed by atoms with Gasteiger partial charge in [0.2, 0.25) is 5.69 Å². The van der Waals surface area contributed by atoms with Crippen LogP contribution in [0.5, 0.6) is 5.88 Å². The van der Waals surface area contributed by atoms with Crippen molar-refractivity contribution in [3.8, 4) is 11.9 Å². The van der Waals surface area contributed by atoms with Crippen LogP contribution in [0.15, 0.2) is 36.7 Å². The molecule has 0 saturated heterocycles. The molecule has 3 rings (SSSR count). The average molecular weight is 397 g/mol. The first kappa shape index (κ1) is 19.3. The number of ether oxygens (including phenoxy) is 1. The zero-order valence-electron chi connectivity index (χ0n) is 15.5. The predicted molar refractivity (Wildman–Crippen MR) is 106 cm³/mol. The summed E-state index contributed by atoms with van der Waals surface area (Å²) in [5.41, 5.74) is -0.0118. The molecule has 1 N–H and O–H groups in total. The van der Waals surface area contributed by atoms with Crippen LogP contribution in [0.2, 0.25) is 5.02 Å². The van der Waals surface area contributed by atoms with Gasteiger partial charge in [-0.15, -0.1) is 0 Å². The molecule has 0 spiro atoms. The number of carbonyl (C=O) groups is 1. The van der Waals surface area contributed by atoms with E-state index in [1.54, 1.807) is 33.3 Å². The fraction of sp³-hybridized carbons (Fsp3) is 0.211. The number of rotatable bonds is 5. The Balaban J connectivity index is 1.87. The molecule has 0 fully saturated rings. The smallest absolute Gasteiger partial charge is 0.262 e. The lowest BCUT2D eigenvalue weighted by molar-refractivity contribution is -0.135. The molecule has 0 aliphatic heterocycles. The van der Waals surface area contributed by atoms with Crippen molar-refractivity contribution in [1.82, 2.24) is 19.9 Å². The van der Waals surface area contributed by atoms with E-state index in [0.29, 0.717) is 16.7 Å². The van der Waals surface area contributed by atoms with Gasteiger partial charge in [-0.3, -0.25) is 4.79 Å². The van der Waals surface area contributed by atoms with Crippen LogP contribution in [0.25, 0.3) is 10.8 Å². The molecule has 9 heteroatoms. The van der Waals surface area contributed by atoms with E-state index in [9.17, 15) is 10.1 Å². The summed E-state index contributed by atoms with van der Waals surface area (Å²) in [6.07, 6.45) is 2.24. The summed E-state index contributed by atoms with van der Waals surface area (Å²) in [6.45, 7) is 1.58. The van der Waals surface area contributed by atoms with Crippen LogP contribution in [0.4, 0.5) is 11.6 Å². The number of nitrogens with zero attached hydrogens (tertiary/aromatic N) is 5. The number of halogens is 1. The number of hydrogen-bond donors (Lipinski definition) is 1. The number of nitriles is 1. The van der Waals surface area contributed by atoms with E-state index >= 15 is 0 Å².